The molecule has 0 radical (unpaired) electrons. The van der Waals surface area contributed by atoms with Crippen molar-refractivity contribution >= 4 is 5.91 Å². The molecule has 4 heteroatoms. The summed E-state index contributed by atoms with van der Waals surface area (Å²) >= 11 is 0. The predicted octanol–water partition coefficient (Wildman–Crippen LogP) is 0.214. The van der Waals surface area contributed by atoms with Crippen LogP contribution in [0.3, 0.4) is 0 Å². The topological polar surface area (TPSA) is 52.6 Å². The van der Waals surface area contributed by atoms with E-state index in [1.54, 1.807) is 0 Å². The number of carbonyl (C=O) groups excluding carboxylic acids is 1. The standard InChI is InChI=1S/C12H22N2O2/c1-8-3-9(2)7-14(6-8)12(16)11-4-10(15)5-13-11/h8-11,13,15H,3-7H2,1-2H3. The number of nitrogens with one attached hydrogen (secondary N) is 1. The number of amides is 1. The van der Waals surface area contributed by atoms with Gasteiger partial charge in [0.15, 0.2) is 0 Å². The molecule has 92 valence electrons. The molecule has 0 aliphatic carbocycles. The molecular weight excluding hydrogens is 204 g/mol. The zero-order valence-corrected chi connectivity index (χ0v) is 10.1. The molecule has 2 fully saturated rings. The van der Waals surface area contributed by atoms with Gasteiger partial charge in [-0.2, -0.15) is 0 Å². The summed E-state index contributed by atoms with van der Waals surface area (Å²) in [6.07, 6.45) is 1.43. The predicted molar refractivity (Wildman–Crippen MR) is 61.9 cm³/mol. The molecule has 2 aliphatic heterocycles. The van der Waals surface area contributed by atoms with Crippen molar-refractivity contribution in [3.63, 3.8) is 0 Å². The van der Waals surface area contributed by atoms with Crippen molar-refractivity contribution in [2.24, 2.45) is 11.8 Å². The van der Waals surface area contributed by atoms with Gasteiger partial charge < -0.3 is 15.3 Å². The first-order valence-corrected chi connectivity index (χ1v) is 6.26. The van der Waals surface area contributed by atoms with Crippen LogP contribution in [0.5, 0.6) is 0 Å². The number of hydrogen-bond acceptors (Lipinski definition) is 3. The first kappa shape index (κ1) is 11.9. The van der Waals surface area contributed by atoms with Crippen molar-refractivity contribution in [2.45, 2.75) is 38.8 Å². The largest absolute Gasteiger partial charge is 0.392 e. The molecule has 1 amide bonds. The molecule has 2 saturated heterocycles. The van der Waals surface area contributed by atoms with Crippen molar-refractivity contribution in [1.82, 2.24) is 10.2 Å². The minimum absolute atomic E-state index is 0.160. The maximum atomic E-state index is 12.2. The minimum atomic E-state index is -0.353. The third kappa shape index (κ3) is 2.55. The highest BCUT2D eigenvalue weighted by molar-refractivity contribution is 5.82. The van der Waals surface area contributed by atoms with Gasteiger partial charge in [0.2, 0.25) is 5.91 Å². The molecule has 4 nitrogen and oxygen atoms in total. The minimum Gasteiger partial charge on any atom is -0.392 e. The fourth-order valence-corrected chi connectivity index (χ4v) is 2.97. The Labute approximate surface area is 97.0 Å². The molecular formula is C12H22N2O2. The third-order valence-corrected chi connectivity index (χ3v) is 3.59. The number of aliphatic hydroxyl groups is 1. The van der Waals surface area contributed by atoms with Crippen LogP contribution in [-0.2, 0) is 4.79 Å². The molecule has 0 aromatic carbocycles. The Morgan fingerprint density at radius 1 is 1.25 bits per heavy atom. The summed E-state index contributed by atoms with van der Waals surface area (Å²) in [5.74, 6) is 1.37. The van der Waals surface area contributed by atoms with Gasteiger partial charge in [-0.25, -0.2) is 0 Å². The summed E-state index contributed by atoms with van der Waals surface area (Å²) < 4.78 is 0. The molecule has 2 heterocycles. The van der Waals surface area contributed by atoms with E-state index in [1.165, 1.54) is 6.42 Å². The summed E-state index contributed by atoms with van der Waals surface area (Å²) in [5, 5.41) is 12.5. The number of likely N-dealkylation sites (tertiary alicyclic amines) is 1. The highest BCUT2D eigenvalue weighted by atomic mass is 16.3. The van der Waals surface area contributed by atoms with E-state index in [1.807, 2.05) is 4.90 Å². The molecule has 16 heavy (non-hydrogen) atoms. The summed E-state index contributed by atoms with van der Waals surface area (Å²) in [6, 6.07) is -0.160. The van der Waals surface area contributed by atoms with Gasteiger partial charge >= 0.3 is 0 Å². The summed E-state index contributed by atoms with van der Waals surface area (Å²) in [7, 11) is 0. The molecule has 4 atom stereocenters. The highest BCUT2D eigenvalue weighted by Gasteiger charge is 2.34. The number of rotatable bonds is 1. The molecule has 0 aromatic heterocycles. The SMILES string of the molecule is CC1CC(C)CN(C(=O)C2CC(O)CN2)C1. The van der Waals surface area contributed by atoms with Crippen molar-refractivity contribution in [1.29, 1.82) is 0 Å². The molecule has 2 rings (SSSR count). The Balaban J connectivity index is 1.93. The average molecular weight is 226 g/mol. The molecule has 2 aliphatic rings. The van der Waals surface area contributed by atoms with Crippen molar-refractivity contribution in [3.05, 3.63) is 0 Å². The van der Waals surface area contributed by atoms with E-state index in [2.05, 4.69) is 19.2 Å². The smallest absolute Gasteiger partial charge is 0.239 e. The van der Waals surface area contributed by atoms with Crippen LogP contribution in [0.15, 0.2) is 0 Å². The van der Waals surface area contributed by atoms with Crippen LogP contribution in [0.1, 0.15) is 26.7 Å². The lowest BCUT2D eigenvalue weighted by atomic mass is 9.91. The Morgan fingerprint density at radius 3 is 2.38 bits per heavy atom. The van der Waals surface area contributed by atoms with E-state index in [0.29, 0.717) is 24.8 Å². The van der Waals surface area contributed by atoms with Gasteiger partial charge in [-0.3, -0.25) is 4.79 Å². The van der Waals surface area contributed by atoms with Gasteiger partial charge in [-0.05, 0) is 24.7 Å². The number of aliphatic hydroxyl groups excluding tert-OH is 1. The van der Waals surface area contributed by atoms with Crippen LogP contribution >= 0.6 is 0 Å². The lowest BCUT2D eigenvalue weighted by molar-refractivity contribution is -0.135. The Kier molecular flexibility index (Phi) is 3.50. The van der Waals surface area contributed by atoms with Crippen LogP contribution in [0.4, 0.5) is 0 Å². The van der Waals surface area contributed by atoms with Crippen LogP contribution in [-0.4, -0.2) is 47.7 Å². The van der Waals surface area contributed by atoms with Gasteiger partial charge in [0, 0.05) is 19.6 Å². The van der Waals surface area contributed by atoms with Crippen LogP contribution in [0, 0.1) is 11.8 Å². The van der Waals surface area contributed by atoms with Crippen molar-refractivity contribution in [2.75, 3.05) is 19.6 Å². The van der Waals surface area contributed by atoms with Crippen LogP contribution in [0.2, 0.25) is 0 Å². The molecule has 4 unspecified atom stereocenters. The molecule has 0 aromatic rings. The molecule has 2 N–H and O–H groups in total. The van der Waals surface area contributed by atoms with Crippen LogP contribution < -0.4 is 5.32 Å². The van der Waals surface area contributed by atoms with E-state index < -0.39 is 0 Å². The maximum absolute atomic E-state index is 12.2. The summed E-state index contributed by atoms with van der Waals surface area (Å²) in [4.78, 5) is 14.2. The van der Waals surface area contributed by atoms with Crippen molar-refractivity contribution < 1.29 is 9.90 Å². The van der Waals surface area contributed by atoms with Gasteiger partial charge in [0.25, 0.3) is 0 Å². The van der Waals surface area contributed by atoms with E-state index in [4.69, 9.17) is 0 Å². The second-order valence-corrected chi connectivity index (χ2v) is 5.54. The van der Waals surface area contributed by atoms with Crippen LogP contribution in [0.25, 0.3) is 0 Å². The van der Waals surface area contributed by atoms with Crippen molar-refractivity contribution in [3.8, 4) is 0 Å². The highest BCUT2D eigenvalue weighted by Crippen LogP contribution is 2.22. The number of hydrogen-bond donors (Lipinski definition) is 2. The van der Waals surface area contributed by atoms with Gasteiger partial charge in [0.05, 0.1) is 12.1 Å². The van der Waals surface area contributed by atoms with Gasteiger partial charge in [-0.15, -0.1) is 0 Å². The van der Waals surface area contributed by atoms with E-state index >= 15 is 0 Å². The fourth-order valence-electron chi connectivity index (χ4n) is 2.97. The second-order valence-electron chi connectivity index (χ2n) is 5.54. The number of carbonyl (C=O) groups is 1. The average Bonchev–Trinajstić information content (AvgIpc) is 2.62. The number of β-amino-alcohol motifs (C(OH)–C–C–N with tert-alkyl or cyclic N) is 1. The Hall–Kier alpha value is -0.610. The number of nitrogens with zero attached hydrogens (tertiary/aromatic N) is 1. The first-order chi connectivity index (χ1) is 7.56. The fraction of sp³-hybridized carbons (Fsp3) is 0.917. The lowest BCUT2D eigenvalue weighted by Gasteiger charge is -2.36. The second kappa shape index (κ2) is 4.72. The van der Waals surface area contributed by atoms with E-state index in [-0.39, 0.29) is 18.1 Å². The maximum Gasteiger partial charge on any atom is 0.239 e. The first-order valence-electron chi connectivity index (χ1n) is 6.26. The summed E-state index contributed by atoms with van der Waals surface area (Å²) in [6.45, 7) is 6.70. The zero-order chi connectivity index (χ0) is 11.7. The van der Waals surface area contributed by atoms with Gasteiger partial charge in [-0.1, -0.05) is 13.8 Å². The third-order valence-electron chi connectivity index (χ3n) is 3.59. The molecule has 0 spiro atoms. The quantitative estimate of drug-likeness (QED) is 0.672. The zero-order valence-electron chi connectivity index (χ0n) is 10.1. The van der Waals surface area contributed by atoms with E-state index in [9.17, 15) is 9.90 Å². The Bertz CT molecular complexity index is 260. The number of piperidine rings is 1. The van der Waals surface area contributed by atoms with E-state index in [0.717, 1.165) is 13.1 Å². The monoisotopic (exact) mass is 226 g/mol. The summed E-state index contributed by atoms with van der Waals surface area (Å²) in [5.41, 5.74) is 0. The molecule has 0 saturated carbocycles. The molecule has 0 bridgehead atoms. The normalized spacial score (nSPS) is 40.1. The Morgan fingerprint density at radius 2 is 1.88 bits per heavy atom. The van der Waals surface area contributed by atoms with Gasteiger partial charge in [0.1, 0.15) is 0 Å². The lowest BCUT2D eigenvalue weighted by Crippen LogP contribution is -2.49.